The molecule has 1 aliphatic heterocycles. The highest BCUT2D eigenvalue weighted by molar-refractivity contribution is 5.85. The first kappa shape index (κ1) is 20.5. The van der Waals surface area contributed by atoms with Gasteiger partial charge in [-0.25, -0.2) is 0 Å². The third kappa shape index (κ3) is 5.61. The van der Waals surface area contributed by atoms with Crippen molar-refractivity contribution in [2.75, 3.05) is 13.1 Å². The molecule has 2 aromatic rings. The van der Waals surface area contributed by atoms with E-state index in [1.165, 1.54) is 11.1 Å². The highest BCUT2D eigenvalue weighted by Gasteiger charge is 2.28. The van der Waals surface area contributed by atoms with Gasteiger partial charge in [0.1, 0.15) is 5.76 Å². The van der Waals surface area contributed by atoms with Gasteiger partial charge in [-0.05, 0) is 57.4 Å². The molecule has 1 aliphatic rings. The van der Waals surface area contributed by atoms with Crippen LogP contribution in [0, 0.1) is 12.8 Å². The summed E-state index contributed by atoms with van der Waals surface area (Å²) in [5.74, 6) is 1.22. The van der Waals surface area contributed by atoms with E-state index in [1.807, 2.05) is 17.0 Å². The maximum absolute atomic E-state index is 13.1. The molecule has 3 rings (SSSR count). The maximum Gasteiger partial charge on any atom is 0.226 e. The maximum atomic E-state index is 13.1. The lowest BCUT2D eigenvalue weighted by Crippen LogP contribution is -2.44. The zero-order chi connectivity index (χ0) is 17.6. The lowest BCUT2D eigenvalue weighted by atomic mass is 9.92. The van der Waals surface area contributed by atoms with Crippen molar-refractivity contribution in [2.24, 2.45) is 5.92 Å². The fraction of sp³-hybridized carbons (Fsp3) is 0.476. The van der Waals surface area contributed by atoms with Crippen molar-refractivity contribution in [3.63, 3.8) is 0 Å². The van der Waals surface area contributed by atoms with Crippen molar-refractivity contribution in [2.45, 2.75) is 45.7 Å². The minimum absolute atomic E-state index is 0. The molecule has 4 nitrogen and oxygen atoms in total. The van der Waals surface area contributed by atoms with Crippen molar-refractivity contribution in [1.29, 1.82) is 0 Å². The molecule has 0 saturated carbocycles. The van der Waals surface area contributed by atoms with Crippen LogP contribution in [0.15, 0.2) is 47.1 Å². The quantitative estimate of drug-likeness (QED) is 0.829. The Labute approximate surface area is 162 Å². The molecular formula is C21H29ClN2O2. The third-order valence-corrected chi connectivity index (χ3v) is 5.00. The van der Waals surface area contributed by atoms with E-state index in [1.54, 1.807) is 6.26 Å². The highest BCUT2D eigenvalue weighted by Crippen LogP contribution is 2.21. The van der Waals surface area contributed by atoms with E-state index in [0.717, 1.165) is 38.1 Å². The molecule has 5 heteroatoms. The predicted octanol–water partition coefficient (Wildman–Crippen LogP) is 3.97. The molecule has 1 N–H and O–H groups in total. The number of carbonyl (C=O) groups excluding carboxylic acids is 1. The van der Waals surface area contributed by atoms with E-state index >= 15 is 0 Å². The Hall–Kier alpha value is -1.78. The second kappa shape index (κ2) is 9.79. The molecule has 1 saturated heterocycles. The van der Waals surface area contributed by atoms with Crippen LogP contribution in [0.4, 0.5) is 0 Å². The molecular weight excluding hydrogens is 348 g/mol. The summed E-state index contributed by atoms with van der Waals surface area (Å²) in [6.07, 6.45) is 4.37. The van der Waals surface area contributed by atoms with E-state index in [2.05, 4.69) is 43.4 Å². The molecule has 1 aromatic heterocycles. The summed E-state index contributed by atoms with van der Waals surface area (Å²) in [5.41, 5.74) is 2.53. The predicted molar refractivity (Wildman–Crippen MR) is 106 cm³/mol. The first-order valence-electron chi connectivity index (χ1n) is 9.22. The van der Waals surface area contributed by atoms with Gasteiger partial charge in [0.05, 0.1) is 12.8 Å². The minimum Gasteiger partial charge on any atom is -0.467 e. The number of piperidine rings is 1. The number of nitrogens with zero attached hydrogens (tertiary/aromatic N) is 1. The van der Waals surface area contributed by atoms with Crippen LogP contribution in [0.25, 0.3) is 0 Å². The van der Waals surface area contributed by atoms with E-state index in [-0.39, 0.29) is 24.2 Å². The number of aryl methyl sites for hydroxylation is 1. The Morgan fingerprint density at radius 2 is 2.04 bits per heavy atom. The lowest BCUT2D eigenvalue weighted by Gasteiger charge is -2.32. The molecule has 0 spiro atoms. The number of hydrogen-bond acceptors (Lipinski definition) is 3. The Morgan fingerprint density at radius 3 is 2.69 bits per heavy atom. The number of benzene rings is 1. The molecule has 0 unspecified atom stereocenters. The summed E-state index contributed by atoms with van der Waals surface area (Å²) in [7, 11) is 0. The third-order valence-electron chi connectivity index (χ3n) is 5.00. The number of rotatable bonds is 6. The van der Waals surface area contributed by atoms with Crippen molar-refractivity contribution < 1.29 is 9.21 Å². The number of furan rings is 1. The van der Waals surface area contributed by atoms with Crippen LogP contribution in [-0.2, 0) is 17.8 Å². The lowest BCUT2D eigenvalue weighted by molar-refractivity contribution is -0.137. The average molecular weight is 377 g/mol. The smallest absolute Gasteiger partial charge is 0.226 e. The molecule has 2 heterocycles. The Balaban J connectivity index is 0.00000243. The standard InChI is InChI=1S/C21H28N2O2.ClH/c1-16-5-7-18(8-6-16)10-12-23(15-20-4-3-13-25-20)21(24)19-9-11-22-17(2)14-19;/h3-8,13,17,19,22H,9-12,14-15H2,1-2H3;1H/t17-,19-;/m0./s1. The van der Waals surface area contributed by atoms with Gasteiger partial charge in [0, 0.05) is 18.5 Å². The largest absolute Gasteiger partial charge is 0.467 e. The van der Waals surface area contributed by atoms with Crippen LogP contribution >= 0.6 is 12.4 Å². The number of carbonyl (C=O) groups is 1. The summed E-state index contributed by atoms with van der Waals surface area (Å²) in [4.78, 5) is 15.1. The van der Waals surface area contributed by atoms with Crippen LogP contribution < -0.4 is 5.32 Å². The Morgan fingerprint density at radius 1 is 1.27 bits per heavy atom. The zero-order valence-electron chi connectivity index (χ0n) is 15.6. The highest BCUT2D eigenvalue weighted by atomic mass is 35.5. The Kier molecular flexibility index (Phi) is 7.73. The molecule has 1 amide bonds. The number of halogens is 1. The van der Waals surface area contributed by atoms with Gasteiger partial charge < -0.3 is 14.6 Å². The Bertz CT molecular complexity index is 670. The number of nitrogens with one attached hydrogen (secondary N) is 1. The molecule has 0 bridgehead atoms. The van der Waals surface area contributed by atoms with Crippen molar-refractivity contribution in [3.05, 3.63) is 59.5 Å². The van der Waals surface area contributed by atoms with Gasteiger partial charge in [-0.15, -0.1) is 12.4 Å². The van der Waals surface area contributed by atoms with Gasteiger partial charge in [-0.1, -0.05) is 29.8 Å². The van der Waals surface area contributed by atoms with Gasteiger partial charge in [-0.3, -0.25) is 4.79 Å². The number of hydrogen-bond donors (Lipinski definition) is 1. The van der Waals surface area contributed by atoms with Crippen LogP contribution in [0.1, 0.15) is 36.7 Å². The van der Waals surface area contributed by atoms with Crippen LogP contribution in [-0.4, -0.2) is 29.9 Å². The number of amides is 1. The van der Waals surface area contributed by atoms with Crippen molar-refractivity contribution in [1.82, 2.24) is 10.2 Å². The van der Waals surface area contributed by atoms with Crippen molar-refractivity contribution in [3.8, 4) is 0 Å². The first-order chi connectivity index (χ1) is 12.1. The topological polar surface area (TPSA) is 45.5 Å². The summed E-state index contributed by atoms with van der Waals surface area (Å²) in [6, 6.07) is 12.8. The van der Waals surface area contributed by atoms with E-state index < -0.39 is 0 Å². The fourth-order valence-corrected chi connectivity index (χ4v) is 3.49. The molecule has 0 aliphatic carbocycles. The van der Waals surface area contributed by atoms with E-state index in [4.69, 9.17) is 4.42 Å². The zero-order valence-corrected chi connectivity index (χ0v) is 16.4. The molecule has 142 valence electrons. The van der Waals surface area contributed by atoms with E-state index in [9.17, 15) is 4.79 Å². The molecule has 2 atom stereocenters. The fourth-order valence-electron chi connectivity index (χ4n) is 3.49. The SMILES string of the molecule is Cc1ccc(CCN(Cc2ccco2)C(=O)[C@H]2CCN[C@@H](C)C2)cc1.Cl. The average Bonchev–Trinajstić information content (AvgIpc) is 3.12. The van der Waals surface area contributed by atoms with Crippen LogP contribution in [0.2, 0.25) is 0 Å². The molecule has 26 heavy (non-hydrogen) atoms. The molecule has 1 fully saturated rings. The van der Waals surface area contributed by atoms with Gasteiger partial charge in [0.25, 0.3) is 0 Å². The summed E-state index contributed by atoms with van der Waals surface area (Å²) < 4.78 is 5.48. The van der Waals surface area contributed by atoms with Gasteiger partial charge in [0.15, 0.2) is 0 Å². The normalized spacial score (nSPS) is 19.6. The van der Waals surface area contributed by atoms with E-state index in [0.29, 0.717) is 12.6 Å². The second-order valence-corrected chi connectivity index (χ2v) is 7.15. The van der Waals surface area contributed by atoms with Gasteiger partial charge in [0.2, 0.25) is 5.91 Å². The monoisotopic (exact) mass is 376 g/mol. The van der Waals surface area contributed by atoms with Crippen molar-refractivity contribution >= 4 is 18.3 Å². The molecule has 0 radical (unpaired) electrons. The van der Waals surface area contributed by atoms with Crippen LogP contribution in [0.3, 0.4) is 0 Å². The van der Waals surface area contributed by atoms with Gasteiger partial charge >= 0.3 is 0 Å². The summed E-state index contributed by atoms with van der Waals surface area (Å²) >= 11 is 0. The summed E-state index contributed by atoms with van der Waals surface area (Å²) in [5, 5.41) is 3.43. The summed E-state index contributed by atoms with van der Waals surface area (Å²) in [6.45, 7) is 6.44. The van der Waals surface area contributed by atoms with Crippen LogP contribution in [0.5, 0.6) is 0 Å². The van der Waals surface area contributed by atoms with Gasteiger partial charge in [-0.2, -0.15) is 0 Å². The minimum atomic E-state index is 0. The second-order valence-electron chi connectivity index (χ2n) is 7.15. The molecule has 1 aromatic carbocycles. The first-order valence-corrected chi connectivity index (χ1v) is 9.22.